The molecule has 0 atom stereocenters. The molecule has 4 rings (SSSR count). The lowest BCUT2D eigenvalue weighted by Gasteiger charge is -2.35. The van der Waals surface area contributed by atoms with Crippen molar-refractivity contribution in [2.24, 2.45) is 0 Å². The van der Waals surface area contributed by atoms with Crippen molar-refractivity contribution < 1.29 is 9.53 Å². The minimum atomic E-state index is -0.0134. The van der Waals surface area contributed by atoms with Crippen molar-refractivity contribution >= 4 is 33.3 Å². The van der Waals surface area contributed by atoms with Gasteiger partial charge in [0, 0.05) is 52.4 Å². The molecule has 0 radical (unpaired) electrons. The predicted molar refractivity (Wildman–Crippen MR) is 116 cm³/mol. The Morgan fingerprint density at radius 2 is 1.90 bits per heavy atom. The molecule has 0 unspecified atom stereocenters. The molecular weight excluding hydrogens is 388 g/mol. The summed E-state index contributed by atoms with van der Waals surface area (Å²) >= 11 is 1.47. The number of ether oxygens (including phenoxy) is 1. The molecule has 1 amide bonds. The fourth-order valence-corrected chi connectivity index (χ4v) is 5.08. The molecule has 0 bridgehead atoms. The van der Waals surface area contributed by atoms with Gasteiger partial charge in [0.25, 0.3) is 5.91 Å². The minimum absolute atomic E-state index is 0.0134. The number of hydrogen-bond acceptors (Lipinski definition) is 8. The lowest BCUT2D eigenvalue weighted by Crippen LogP contribution is -2.46. The predicted octanol–water partition coefficient (Wildman–Crippen LogP) is 1.20. The Kier molecular flexibility index (Phi) is 6.59. The van der Waals surface area contributed by atoms with E-state index in [1.165, 1.54) is 11.3 Å². The zero-order chi connectivity index (χ0) is 20.2. The van der Waals surface area contributed by atoms with Crippen LogP contribution in [0.4, 0.5) is 5.82 Å². The number of morpholine rings is 1. The average Bonchev–Trinajstić information content (AvgIpc) is 3.11. The van der Waals surface area contributed by atoms with Crippen molar-refractivity contribution in [2.45, 2.75) is 13.8 Å². The van der Waals surface area contributed by atoms with Gasteiger partial charge in [-0.15, -0.1) is 11.3 Å². The topological polar surface area (TPSA) is 73.8 Å². The molecule has 1 N–H and O–H groups in total. The molecule has 29 heavy (non-hydrogen) atoms. The number of piperazine rings is 1. The number of rotatable bonds is 6. The van der Waals surface area contributed by atoms with E-state index < -0.39 is 0 Å². The van der Waals surface area contributed by atoms with Gasteiger partial charge in [0.2, 0.25) is 0 Å². The van der Waals surface area contributed by atoms with Gasteiger partial charge >= 0.3 is 0 Å². The van der Waals surface area contributed by atoms with E-state index in [4.69, 9.17) is 4.74 Å². The van der Waals surface area contributed by atoms with Gasteiger partial charge in [0.05, 0.1) is 23.5 Å². The van der Waals surface area contributed by atoms with Crippen LogP contribution in [-0.2, 0) is 4.74 Å². The van der Waals surface area contributed by atoms with Gasteiger partial charge in [-0.3, -0.25) is 9.69 Å². The third-order valence-electron chi connectivity index (χ3n) is 5.85. The highest BCUT2D eigenvalue weighted by Gasteiger charge is 2.24. The van der Waals surface area contributed by atoms with Crippen LogP contribution in [0.25, 0.3) is 10.2 Å². The highest BCUT2D eigenvalue weighted by molar-refractivity contribution is 7.20. The van der Waals surface area contributed by atoms with Crippen LogP contribution >= 0.6 is 11.3 Å². The van der Waals surface area contributed by atoms with Gasteiger partial charge in [0.1, 0.15) is 17.0 Å². The number of aryl methyl sites for hydroxylation is 1. The summed E-state index contributed by atoms with van der Waals surface area (Å²) in [5.41, 5.74) is 0.988. The first-order valence-corrected chi connectivity index (χ1v) is 11.3. The third-order valence-corrected chi connectivity index (χ3v) is 7.05. The summed E-state index contributed by atoms with van der Waals surface area (Å²) in [5, 5.41) is 4.11. The van der Waals surface area contributed by atoms with Gasteiger partial charge in [-0.05, 0) is 19.0 Å². The minimum Gasteiger partial charge on any atom is -0.379 e. The summed E-state index contributed by atoms with van der Waals surface area (Å²) in [6, 6.07) is 0. The normalized spacial score (nSPS) is 19.0. The van der Waals surface area contributed by atoms with Crippen LogP contribution in [0.1, 0.15) is 22.2 Å². The molecule has 9 heteroatoms. The van der Waals surface area contributed by atoms with Crippen molar-refractivity contribution in [3.05, 3.63) is 16.8 Å². The summed E-state index contributed by atoms with van der Waals surface area (Å²) in [7, 11) is 0. The molecule has 0 spiro atoms. The van der Waals surface area contributed by atoms with E-state index in [0.717, 1.165) is 92.0 Å². The molecule has 2 fully saturated rings. The van der Waals surface area contributed by atoms with Crippen molar-refractivity contribution in [1.29, 1.82) is 0 Å². The number of anilines is 1. The van der Waals surface area contributed by atoms with Crippen molar-refractivity contribution in [1.82, 2.24) is 25.1 Å². The Balaban J connectivity index is 1.46. The quantitative estimate of drug-likeness (QED) is 0.756. The zero-order valence-corrected chi connectivity index (χ0v) is 18.1. The number of nitrogens with one attached hydrogen (secondary N) is 1. The highest BCUT2D eigenvalue weighted by atomic mass is 32.1. The zero-order valence-electron chi connectivity index (χ0n) is 17.3. The molecule has 4 heterocycles. The lowest BCUT2D eigenvalue weighted by atomic mass is 10.1. The number of hydrogen-bond donors (Lipinski definition) is 1. The van der Waals surface area contributed by atoms with Gasteiger partial charge in [0.15, 0.2) is 0 Å². The number of likely N-dealkylation sites (N-methyl/N-ethyl adjacent to an activating group) is 1. The number of nitrogens with zero attached hydrogens (tertiary/aromatic N) is 5. The fourth-order valence-electron chi connectivity index (χ4n) is 4.02. The molecule has 0 aromatic carbocycles. The van der Waals surface area contributed by atoms with Crippen molar-refractivity contribution in [3.63, 3.8) is 0 Å². The molecule has 0 aliphatic carbocycles. The van der Waals surface area contributed by atoms with Crippen LogP contribution in [0.15, 0.2) is 6.33 Å². The van der Waals surface area contributed by atoms with E-state index in [-0.39, 0.29) is 5.91 Å². The number of carbonyl (C=O) groups is 1. The molecule has 2 saturated heterocycles. The van der Waals surface area contributed by atoms with Crippen LogP contribution in [-0.4, -0.2) is 97.8 Å². The van der Waals surface area contributed by atoms with E-state index in [1.54, 1.807) is 6.33 Å². The second-order valence-electron chi connectivity index (χ2n) is 7.56. The number of thiophene rings is 1. The summed E-state index contributed by atoms with van der Waals surface area (Å²) in [4.78, 5) is 30.6. The van der Waals surface area contributed by atoms with Crippen molar-refractivity contribution in [3.8, 4) is 0 Å². The monoisotopic (exact) mass is 418 g/mol. The molecule has 2 aliphatic rings. The molecule has 2 aromatic heterocycles. The average molecular weight is 419 g/mol. The van der Waals surface area contributed by atoms with Gasteiger partial charge in [-0.1, -0.05) is 6.92 Å². The number of amides is 1. The van der Waals surface area contributed by atoms with Crippen LogP contribution < -0.4 is 10.2 Å². The van der Waals surface area contributed by atoms with Crippen LogP contribution in [0, 0.1) is 6.92 Å². The first-order valence-electron chi connectivity index (χ1n) is 10.5. The first-order chi connectivity index (χ1) is 14.2. The molecule has 2 aromatic rings. The first kappa shape index (κ1) is 20.5. The van der Waals surface area contributed by atoms with E-state index in [9.17, 15) is 4.79 Å². The summed E-state index contributed by atoms with van der Waals surface area (Å²) < 4.78 is 5.37. The Hall–Kier alpha value is -1.81. The number of carbonyl (C=O) groups excluding carboxylic acids is 1. The van der Waals surface area contributed by atoms with E-state index >= 15 is 0 Å². The van der Waals surface area contributed by atoms with Gasteiger partial charge < -0.3 is 19.9 Å². The maximum absolute atomic E-state index is 12.8. The molecule has 8 nitrogen and oxygen atoms in total. The fraction of sp³-hybridized carbons (Fsp3) is 0.650. The Labute approximate surface area is 175 Å². The molecule has 0 saturated carbocycles. The highest BCUT2D eigenvalue weighted by Crippen LogP contribution is 2.35. The molecule has 2 aliphatic heterocycles. The van der Waals surface area contributed by atoms with Crippen LogP contribution in [0.2, 0.25) is 0 Å². The van der Waals surface area contributed by atoms with Crippen LogP contribution in [0.5, 0.6) is 0 Å². The maximum Gasteiger partial charge on any atom is 0.261 e. The summed E-state index contributed by atoms with van der Waals surface area (Å²) in [6.45, 7) is 14.2. The SMILES string of the molecule is CCN1CCN(c2ncnc3sc(C(=O)NCCN4CCOCC4)c(C)c23)CC1. The standard InChI is InChI=1S/C20H30N6O2S/c1-3-24-6-8-26(9-7-24)18-16-15(2)17(29-20(16)23-14-22-18)19(27)21-4-5-25-10-12-28-13-11-25/h14H,3-13H2,1-2H3,(H,21,27). The van der Waals surface area contributed by atoms with E-state index in [1.807, 2.05) is 6.92 Å². The maximum atomic E-state index is 12.8. The smallest absolute Gasteiger partial charge is 0.261 e. The Morgan fingerprint density at radius 3 is 2.62 bits per heavy atom. The molecule has 158 valence electrons. The van der Waals surface area contributed by atoms with E-state index in [2.05, 4.69) is 36.9 Å². The Morgan fingerprint density at radius 1 is 1.14 bits per heavy atom. The number of aromatic nitrogens is 2. The van der Waals surface area contributed by atoms with Gasteiger partial charge in [-0.25, -0.2) is 9.97 Å². The number of fused-ring (bicyclic) bond motifs is 1. The third kappa shape index (κ3) is 4.53. The van der Waals surface area contributed by atoms with Gasteiger partial charge in [-0.2, -0.15) is 0 Å². The second-order valence-corrected chi connectivity index (χ2v) is 8.56. The lowest BCUT2D eigenvalue weighted by molar-refractivity contribution is 0.0383. The Bertz CT molecular complexity index is 843. The van der Waals surface area contributed by atoms with Crippen LogP contribution in [0.3, 0.4) is 0 Å². The van der Waals surface area contributed by atoms with E-state index in [0.29, 0.717) is 6.54 Å². The largest absolute Gasteiger partial charge is 0.379 e. The van der Waals surface area contributed by atoms with Crippen molar-refractivity contribution in [2.75, 3.05) is 77.0 Å². The molecular formula is C20H30N6O2S. The second kappa shape index (κ2) is 9.34. The summed E-state index contributed by atoms with van der Waals surface area (Å²) in [6.07, 6.45) is 1.62. The summed E-state index contributed by atoms with van der Waals surface area (Å²) in [5.74, 6) is 0.951.